The average Bonchev–Trinajstić information content (AvgIpc) is 3.63. The summed E-state index contributed by atoms with van der Waals surface area (Å²) in [6.07, 6.45) is 4.28. The number of nitrogens with zero attached hydrogens (tertiary/aromatic N) is 5. The quantitative estimate of drug-likeness (QED) is 0.412. The zero-order chi connectivity index (χ0) is 23.9. The molecule has 35 heavy (non-hydrogen) atoms. The largest absolute Gasteiger partial charge is 0.290 e. The standard InChI is InChI=1S/C25H24N6O2S2/c1-15-8-10-16(11-9-15)20-13-18(21-7-4-12-34-21)29-31(20)22(32)14-35-25-28-27-24-26-23(33)17-5-2-3-6-19(17)30(24)25/h4,7-12,20H,2-3,5-6,13-14H2,1H3,(H,26,27,33). The van der Waals surface area contributed by atoms with Gasteiger partial charge in [-0.3, -0.25) is 19.0 Å². The van der Waals surface area contributed by atoms with Crippen molar-refractivity contribution in [3.05, 3.63) is 79.4 Å². The Labute approximate surface area is 210 Å². The van der Waals surface area contributed by atoms with Gasteiger partial charge in [-0.05, 0) is 49.6 Å². The normalized spacial score (nSPS) is 17.6. The molecule has 8 nitrogen and oxygen atoms in total. The topological polar surface area (TPSA) is 95.7 Å². The van der Waals surface area contributed by atoms with Crippen LogP contribution in [0.1, 0.15) is 52.6 Å². The van der Waals surface area contributed by atoms with Crippen molar-refractivity contribution < 1.29 is 4.79 Å². The fraction of sp³-hybridized carbons (Fsp3) is 0.320. The van der Waals surface area contributed by atoms with Gasteiger partial charge in [0.15, 0.2) is 5.16 Å². The summed E-state index contributed by atoms with van der Waals surface area (Å²) >= 11 is 2.97. The molecule has 4 aromatic rings. The van der Waals surface area contributed by atoms with Gasteiger partial charge in [0, 0.05) is 17.7 Å². The number of thioether (sulfide) groups is 1. The van der Waals surface area contributed by atoms with Gasteiger partial charge in [0.1, 0.15) is 0 Å². The number of aryl methyl sites for hydroxylation is 2. The number of amides is 1. The van der Waals surface area contributed by atoms with Crippen molar-refractivity contribution in [1.29, 1.82) is 0 Å². The molecular formula is C25H24N6O2S2. The van der Waals surface area contributed by atoms with E-state index in [1.54, 1.807) is 16.3 Å². The van der Waals surface area contributed by atoms with Gasteiger partial charge in [0.2, 0.25) is 5.78 Å². The number of fused-ring (bicyclic) bond motifs is 3. The van der Waals surface area contributed by atoms with Crippen molar-refractivity contribution in [2.45, 2.75) is 50.2 Å². The summed E-state index contributed by atoms with van der Waals surface area (Å²) in [6.45, 7) is 2.06. The smallest absolute Gasteiger partial charge is 0.255 e. The highest BCUT2D eigenvalue weighted by atomic mass is 32.2. The molecule has 2 aliphatic rings. The van der Waals surface area contributed by atoms with Crippen LogP contribution in [0.4, 0.5) is 0 Å². The lowest BCUT2D eigenvalue weighted by atomic mass is 9.97. The van der Waals surface area contributed by atoms with E-state index in [0.29, 0.717) is 17.4 Å². The molecule has 0 radical (unpaired) electrons. The molecule has 0 spiro atoms. The van der Waals surface area contributed by atoms with Crippen LogP contribution in [-0.4, -0.2) is 42.0 Å². The summed E-state index contributed by atoms with van der Waals surface area (Å²) < 4.78 is 1.91. The number of thiophene rings is 1. The van der Waals surface area contributed by atoms with Crippen LogP contribution >= 0.6 is 23.1 Å². The first kappa shape index (κ1) is 22.2. The van der Waals surface area contributed by atoms with Crippen LogP contribution in [0.15, 0.2) is 56.8 Å². The van der Waals surface area contributed by atoms with Gasteiger partial charge in [-0.2, -0.15) is 5.10 Å². The number of hydrazone groups is 1. The summed E-state index contributed by atoms with van der Waals surface area (Å²) in [5.74, 6) is 0.530. The highest BCUT2D eigenvalue weighted by Crippen LogP contribution is 2.35. The third-order valence-electron chi connectivity index (χ3n) is 6.60. The lowest BCUT2D eigenvalue weighted by Gasteiger charge is -2.22. The van der Waals surface area contributed by atoms with Gasteiger partial charge in [0.05, 0.1) is 22.4 Å². The lowest BCUT2D eigenvalue weighted by Crippen LogP contribution is -2.28. The van der Waals surface area contributed by atoms with E-state index in [1.165, 1.54) is 17.3 Å². The third kappa shape index (κ3) is 4.10. The first-order valence-electron chi connectivity index (χ1n) is 11.7. The number of hydrogen-bond donors (Lipinski definition) is 1. The van der Waals surface area contributed by atoms with Crippen LogP contribution in [0, 0.1) is 6.92 Å². The van der Waals surface area contributed by atoms with Gasteiger partial charge in [0.25, 0.3) is 11.5 Å². The van der Waals surface area contributed by atoms with Crippen molar-refractivity contribution in [3.8, 4) is 0 Å². The van der Waals surface area contributed by atoms with E-state index < -0.39 is 0 Å². The number of carbonyl (C=O) groups excluding carboxylic acids is 1. The fourth-order valence-electron chi connectivity index (χ4n) is 4.82. The van der Waals surface area contributed by atoms with Crippen LogP contribution in [0.5, 0.6) is 0 Å². The van der Waals surface area contributed by atoms with E-state index in [-0.39, 0.29) is 23.3 Å². The maximum absolute atomic E-state index is 13.5. The zero-order valence-corrected chi connectivity index (χ0v) is 20.9. The third-order valence-corrected chi connectivity index (χ3v) is 8.43. The lowest BCUT2D eigenvalue weighted by molar-refractivity contribution is -0.130. The average molecular weight is 505 g/mol. The number of rotatable bonds is 5. The van der Waals surface area contributed by atoms with Gasteiger partial charge >= 0.3 is 0 Å². The van der Waals surface area contributed by atoms with Gasteiger partial charge in [-0.25, -0.2) is 5.01 Å². The predicted molar refractivity (Wildman–Crippen MR) is 137 cm³/mol. The highest BCUT2D eigenvalue weighted by Gasteiger charge is 2.33. The monoisotopic (exact) mass is 504 g/mol. The van der Waals surface area contributed by atoms with Crippen molar-refractivity contribution in [1.82, 2.24) is 24.6 Å². The number of benzene rings is 1. The summed E-state index contributed by atoms with van der Waals surface area (Å²) in [6, 6.07) is 12.2. The second kappa shape index (κ2) is 9.09. The molecule has 1 atom stereocenters. The molecule has 6 rings (SSSR count). The summed E-state index contributed by atoms with van der Waals surface area (Å²) in [4.78, 5) is 29.8. The molecule has 1 aromatic carbocycles. The maximum Gasteiger partial charge on any atom is 0.255 e. The van der Waals surface area contributed by atoms with Crippen LogP contribution < -0.4 is 5.56 Å². The van der Waals surface area contributed by atoms with Crippen molar-refractivity contribution >= 4 is 40.5 Å². The number of H-pyrrole nitrogens is 1. The van der Waals surface area contributed by atoms with Crippen LogP contribution in [0.25, 0.3) is 5.78 Å². The minimum atomic E-state index is -0.139. The zero-order valence-electron chi connectivity index (χ0n) is 19.2. The molecule has 0 fully saturated rings. The second-order valence-electron chi connectivity index (χ2n) is 8.91. The van der Waals surface area contributed by atoms with Crippen LogP contribution in [0.3, 0.4) is 0 Å². The summed E-state index contributed by atoms with van der Waals surface area (Å²) in [5.41, 5.74) is 4.88. The molecule has 1 N–H and O–H groups in total. The number of carbonyl (C=O) groups is 1. The number of aromatic nitrogens is 4. The maximum atomic E-state index is 13.5. The Kier molecular flexibility index (Phi) is 5.77. The Morgan fingerprint density at radius 2 is 2.00 bits per heavy atom. The van der Waals surface area contributed by atoms with E-state index in [4.69, 9.17) is 5.10 Å². The first-order valence-corrected chi connectivity index (χ1v) is 13.6. The summed E-state index contributed by atoms with van der Waals surface area (Å²) in [7, 11) is 0. The van der Waals surface area contributed by atoms with Gasteiger partial charge in [-0.15, -0.1) is 21.5 Å². The molecule has 10 heteroatoms. The molecule has 1 amide bonds. The SMILES string of the molecule is Cc1ccc(C2CC(c3cccs3)=NN2C(=O)CSc2nnc3[nH]c(=O)c4c(n23)CCCC4)cc1. The molecule has 1 aliphatic carbocycles. The van der Waals surface area contributed by atoms with Crippen LogP contribution in [-0.2, 0) is 17.6 Å². The Hall–Kier alpha value is -3.24. The Bertz CT molecular complexity index is 1490. The number of hydrogen-bond acceptors (Lipinski definition) is 7. The minimum absolute atomic E-state index is 0.0813. The highest BCUT2D eigenvalue weighted by molar-refractivity contribution is 7.99. The molecule has 3 aromatic heterocycles. The molecule has 0 bridgehead atoms. The van der Waals surface area contributed by atoms with E-state index in [9.17, 15) is 9.59 Å². The molecule has 4 heterocycles. The van der Waals surface area contributed by atoms with Crippen molar-refractivity contribution in [2.24, 2.45) is 5.10 Å². The molecule has 178 valence electrons. The second-order valence-corrected chi connectivity index (χ2v) is 10.8. The number of aromatic amines is 1. The van der Waals surface area contributed by atoms with E-state index in [0.717, 1.165) is 53.1 Å². The Morgan fingerprint density at radius 3 is 2.80 bits per heavy atom. The van der Waals surface area contributed by atoms with Crippen LogP contribution in [0.2, 0.25) is 0 Å². The van der Waals surface area contributed by atoms with Gasteiger partial charge in [-0.1, -0.05) is 47.7 Å². The Balaban J connectivity index is 1.28. The molecule has 0 saturated heterocycles. The fourth-order valence-corrected chi connectivity index (χ4v) is 6.35. The van der Waals surface area contributed by atoms with Gasteiger partial charge < -0.3 is 0 Å². The summed E-state index contributed by atoms with van der Waals surface area (Å²) in [5, 5.41) is 17.5. The molecule has 1 aliphatic heterocycles. The molecule has 0 saturated carbocycles. The van der Waals surface area contributed by atoms with E-state index in [1.807, 2.05) is 21.9 Å². The van der Waals surface area contributed by atoms with Crippen molar-refractivity contribution in [2.75, 3.05) is 5.75 Å². The predicted octanol–water partition coefficient (Wildman–Crippen LogP) is 4.14. The minimum Gasteiger partial charge on any atom is -0.290 e. The first-order chi connectivity index (χ1) is 17.1. The number of nitrogens with one attached hydrogen (secondary N) is 1. The Morgan fingerprint density at radius 1 is 1.17 bits per heavy atom. The van der Waals surface area contributed by atoms with Crippen molar-refractivity contribution in [3.63, 3.8) is 0 Å². The van der Waals surface area contributed by atoms with E-state index >= 15 is 0 Å². The van der Waals surface area contributed by atoms with E-state index in [2.05, 4.69) is 46.4 Å². The molecular weight excluding hydrogens is 480 g/mol. The molecule has 1 unspecified atom stereocenters.